The van der Waals surface area contributed by atoms with Crippen LogP contribution >= 0.6 is 11.6 Å². The zero-order chi connectivity index (χ0) is 24.5. The van der Waals surface area contributed by atoms with Gasteiger partial charge in [0.25, 0.3) is 5.91 Å². The number of aliphatic hydroxyl groups is 2. The van der Waals surface area contributed by atoms with Crippen molar-refractivity contribution in [3.8, 4) is 11.1 Å². The predicted octanol–water partition coefficient (Wildman–Crippen LogP) is 3.22. The number of nitrogens with one attached hydrogen (secondary N) is 2. The first-order valence-corrected chi connectivity index (χ1v) is 11.2. The average Bonchev–Trinajstić information content (AvgIpc) is 2.82. The summed E-state index contributed by atoms with van der Waals surface area (Å²) in [4.78, 5) is 24.3. The molecule has 0 aromatic heterocycles. The van der Waals surface area contributed by atoms with Gasteiger partial charge in [-0.3, -0.25) is 4.79 Å². The molecule has 0 aliphatic carbocycles. The Balaban J connectivity index is 1.68. The van der Waals surface area contributed by atoms with Crippen LogP contribution < -0.4 is 10.6 Å². The van der Waals surface area contributed by atoms with Crippen LogP contribution in [0.5, 0.6) is 0 Å². The molecule has 1 amide bonds. The number of amides is 1. The fourth-order valence-electron chi connectivity index (χ4n) is 3.55. The van der Waals surface area contributed by atoms with Crippen LogP contribution in [0.1, 0.15) is 27.9 Å². The molecule has 0 saturated heterocycles. The van der Waals surface area contributed by atoms with Gasteiger partial charge in [-0.25, -0.2) is 4.79 Å². The number of carbonyl (C=O) groups excluding carboxylic acids is 1. The highest BCUT2D eigenvalue weighted by molar-refractivity contribution is 6.33. The third-order valence-corrected chi connectivity index (χ3v) is 5.67. The predicted molar refractivity (Wildman–Crippen MR) is 130 cm³/mol. The minimum Gasteiger partial charge on any atom is -0.480 e. The standard InChI is InChI=1S/C26H27ClN2O5/c27-22-8-4-3-7-21(22)25(32)29-23(26(33)34)15-17-9-11-18(12-10-17)20-6-2-1-5-19(20)16-28-14-13-24(30)31/h1-12,23-24,28,30-31H,13-16H2,(H,29,32)(H,33,34)/t23-/m0/s1. The van der Waals surface area contributed by atoms with Crippen LogP contribution in [-0.4, -0.2) is 46.1 Å². The van der Waals surface area contributed by atoms with Crippen molar-refractivity contribution in [2.45, 2.75) is 31.7 Å². The summed E-state index contributed by atoms with van der Waals surface area (Å²) in [5.41, 5.74) is 4.04. The first kappa shape index (κ1) is 25.4. The summed E-state index contributed by atoms with van der Waals surface area (Å²) in [5.74, 6) is -1.67. The van der Waals surface area contributed by atoms with Crippen molar-refractivity contribution in [1.29, 1.82) is 0 Å². The van der Waals surface area contributed by atoms with E-state index in [-0.39, 0.29) is 23.4 Å². The zero-order valence-corrected chi connectivity index (χ0v) is 19.2. The number of aliphatic carboxylic acids is 1. The summed E-state index contributed by atoms with van der Waals surface area (Å²) >= 11 is 6.05. The average molecular weight is 483 g/mol. The van der Waals surface area contributed by atoms with E-state index in [9.17, 15) is 14.7 Å². The van der Waals surface area contributed by atoms with Crippen molar-refractivity contribution in [2.75, 3.05) is 6.54 Å². The van der Waals surface area contributed by atoms with Gasteiger partial charge in [-0.2, -0.15) is 0 Å². The van der Waals surface area contributed by atoms with E-state index in [1.807, 2.05) is 48.5 Å². The molecule has 34 heavy (non-hydrogen) atoms. The summed E-state index contributed by atoms with van der Waals surface area (Å²) < 4.78 is 0. The molecular formula is C26H27ClN2O5. The van der Waals surface area contributed by atoms with Crippen molar-refractivity contribution < 1.29 is 24.9 Å². The molecule has 8 heteroatoms. The number of benzene rings is 3. The molecule has 5 N–H and O–H groups in total. The van der Waals surface area contributed by atoms with Gasteiger partial charge >= 0.3 is 5.97 Å². The first-order chi connectivity index (χ1) is 16.3. The molecule has 1 atom stereocenters. The number of halogens is 1. The summed E-state index contributed by atoms with van der Waals surface area (Å²) in [6.45, 7) is 1.04. The summed E-state index contributed by atoms with van der Waals surface area (Å²) in [7, 11) is 0. The lowest BCUT2D eigenvalue weighted by atomic mass is 9.97. The molecule has 0 aliphatic heterocycles. The van der Waals surface area contributed by atoms with Gasteiger partial charge in [-0.05, 0) is 34.4 Å². The lowest BCUT2D eigenvalue weighted by Gasteiger charge is -2.16. The molecule has 0 fully saturated rings. The van der Waals surface area contributed by atoms with E-state index in [2.05, 4.69) is 10.6 Å². The molecule has 0 spiro atoms. The molecule has 0 saturated carbocycles. The maximum atomic E-state index is 12.5. The van der Waals surface area contributed by atoms with E-state index < -0.39 is 24.2 Å². The maximum Gasteiger partial charge on any atom is 0.326 e. The van der Waals surface area contributed by atoms with Crippen LogP contribution in [0, 0.1) is 0 Å². The monoisotopic (exact) mass is 482 g/mol. The molecule has 0 heterocycles. The van der Waals surface area contributed by atoms with Crippen LogP contribution in [0.15, 0.2) is 72.8 Å². The second kappa shape index (κ2) is 12.3. The summed E-state index contributed by atoms with van der Waals surface area (Å²) in [6, 6.07) is 20.8. The third-order valence-electron chi connectivity index (χ3n) is 5.34. The van der Waals surface area contributed by atoms with Crippen LogP contribution in [0.4, 0.5) is 0 Å². The van der Waals surface area contributed by atoms with Crippen LogP contribution in [0.25, 0.3) is 11.1 Å². The van der Waals surface area contributed by atoms with Crippen LogP contribution in [0.3, 0.4) is 0 Å². The molecule has 0 unspecified atom stereocenters. The van der Waals surface area contributed by atoms with Gasteiger partial charge in [0.2, 0.25) is 0 Å². The van der Waals surface area contributed by atoms with Crippen molar-refractivity contribution in [2.24, 2.45) is 0 Å². The molecule has 3 rings (SSSR count). The van der Waals surface area contributed by atoms with Crippen LogP contribution in [0.2, 0.25) is 5.02 Å². The lowest BCUT2D eigenvalue weighted by molar-refractivity contribution is -0.139. The van der Waals surface area contributed by atoms with E-state index in [0.29, 0.717) is 13.1 Å². The number of carbonyl (C=O) groups is 2. The largest absolute Gasteiger partial charge is 0.480 e. The quantitative estimate of drug-likeness (QED) is 0.211. The molecular weight excluding hydrogens is 456 g/mol. The number of carboxylic acid groups (broad SMARTS) is 1. The van der Waals surface area contributed by atoms with E-state index in [1.54, 1.807) is 24.3 Å². The zero-order valence-electron chi connectivity index (χ0n) is 18.4. The number of rotatable bonds is 11. The van der Waals surface area contributed by atoms with Gasteiger partial charge in [0.15, 0.2) is 6.29 Å². The van der Waals surface area contributed by atoms with Crippen molar-refractivity contribution >= 4 is 23.5 Å². The smallest absolute Gasteiger partial charge is 0.326 e. The van der Waals surface area contributed by atoms with Gasteiger partial charge in [0.1, 0.15) is 6.04 Å². The Morgan fingerprint density at radius 1 is 0.912 bits per heavy atom. The van der Waals surface area contributed by atoms with Crippen molar-refractivity contribution in [3.63, 3.8) is 0 Å². The fourth-order valence-corrected chi connectivity index (χ4v) is 3.77. The molecule has 0 radical (unpaired) electrons. The van der Waals surface area contributed by atoms with Crippen LogP contribution in [-0.2, 0) is 17.8 Å². The molecule has 3 aromatic rings. The second-order valence-corrected chi connectivity index (χ2v) is 8.26. The molecule has 0 bridgehead atoms. The van der Waals surface area contributed by atoms with Gasteiger partial charge in [0.05, 0.1) is 10.6 Å². The Morgan fingerprint density at radius 3 is 2.26 bits per heavy atom. The Morgan fingerprint density at radius 2 is 1.59 bits per heavy atom. The van der Waals surface area contributed by atoms with Crippen molar-refractivity contribution in [3.05, 3.63) is 94.5 Å². The molecule has 178 valence electrons. The molecule has 0 aliphatic rings. The highest BCUT2D eigenvalue weighted by Crippen LogP contribution is 2.24. The highest BCUT2D eigenvalue weighted by Gasteiger charge is 2.22. The highest BCUT2D eigenvalue weighted by atomic mass is 35.5. The minimum absolute atomic E-state index is 0.124. The minimum atomic E-state index is -1.33. The summed E-state index contributed by atoms with van der Waals surface area (Å²) in [5, 5.41) is 33.6. The number of hydrogen-bond donors (Lipinski definition) is 5. The second-order valence-electron chi connectivity index (χ2n) is 7.85. The van der Waals surface area contributed by atoms with Gasteiger partial charge < -0.3 is 26.0 Å². The first-order valence-electron chi connectivity index (χ1n) is 10.9. The third kappa shape index (κ3) is 7.13. The SMILES string of the molecule is O=C(N[C@@H](Cc1ccc(-c2ccccc2CNCCC(O)O)cc1)C(=O)O)c1ccccc1Cl. The fraction of sp³-hybridized carbons (Fsp3) is 0.231. The Kier molecular flexibility index (Phi) is 9.18. The van der Waals surface area contributed by atoms with Gasteiger partial charge in [-0.1, -0.05) is 72.3 Å². The Bertz CT molecular complexity index is 1120. The van der Waals surface area contributed by atoms with Gasteiger partial charge in [0, 0.05) is 25.9 Å². The van der Waals surface area contributed by atoms with Gasteiger partial charge in [-0.15, -0.1) is 0 Å². The van der Waals surface area contributed by atoms with Crippen molar-refractivity contribution in [1.82, 2.24) is 10.6 Å². The van der Waals surface area contributed by atoms with E-state index in [4.69, 9.17) is 21.8 Å². The Labute approximate surface area is 203 Å². The van der Waals surface area contributed by atoms with E-state index in [1.165, 1.54) is 0 Å². The van der Waals surface area contributed by atoms with E-state index >= 15 is 0 Å². The maximum absolute atomic E-state index is 12.5. The van der Waals surface area contributed by atoms with E-state index in [0.717, 1.165) is 22.3 Å². The Hall–Kier alpha value is -3.23. The molecule has 3 aromatic carbocycles. The summed E-state index contributed by atoms with van der Waals surface area (Å²) in [6.07, 6.45) is -0.966. The normalized spacial score (nSPS) is 11.9. The lowest BCUT2D eigenvalue weighted by Crippen LogP contribution is -2.42. The number of aliphatic hydroxyl groups excluding tert-OH is 1. The topological polar surface area (TPSA) is 119 Å². The number of hydrogen-bond acceptors (Lipinski definition) is 5. The number of carboxylic acids is 1. The molecule has 7 nitrogen and oxygen atoms in total.